The van der Waals surface area contributed by atoms with Crippen LogP contribution in [0.4, 0.5) is 0 Å². The summed E-state index contributed by atoms with van der Waals surface area (Å²) in [4.78, 5) is 25.4. The summed E-state index contributed by atoms with van der Waals surface area (Å²) in [7, 11) is -2.39. The van der Waals surface area contributed by atoms with Crippen LogP contribution in [0, 0.1) is 17.8 Å². The number of carbonyl (C=O) groups excluding carboxylic acids is 2. The highest BCUT2D eigenvalue weighted by Gasteiger charge is 2.64. The molecule has 1 heterocycles. The molecule has 7 atom stereocenters. The van der Waals surface area contributed by atoms with E-state index in [0.717, 1.165) is 0 Å². The Balaban J connectivity index is 3.36. The third-order valence-electron chi connectivity index (χ3n) is 7.44. The van der Waals surface area contributed by atoms with Crippen molar-refractivity contribution in [3.8, 4) is 0 Å². The van der Waals surface area contributed by atoms with Gasteiger partial charge in [-0.1, -0.05) is 46.8 Å². The van der Waals surface area contributed by atoms with Gasteiger partial charge in [0.1, 0.15) is 17.2 Å². The van der Waals surface area contributed by atoms with Gasteiger partial charge in [-0.2, -0.15) is 0 Å². The van der Waals surface area contributed by atoms with Crippen molar-refractivity contribution in [3.63, 3.8) is 0 Å². The van der Waals surface area contributed by atoms with Crippen LogP contribution in [0.1, 0.15) is 61.3 Å². The summed E-state index contributed by atoms with van der Waals surface area (Å²) in [5.41, 5.74) is -0.804. The lowest BCUT2D eigenvalue weighted by atomic mass is 9.79. The van der Waals surface area contributed by atoms with E-state index in [4.69, 9.17) is 9.16 Å². The Morgan fingerprint density at radius 2 is 1.73 bits per heavy atom. The van der Waals surface area contributed by atoms with Crippen LogP contribution in [0.5, 0.6) is 0 Å². The van der Waals surface area contributed by atoms with Crippen LogP contribution in [0.25, 0.3) is 0 Å². The number of hydrogen-bond donors (Lipinski definition) is 3. The number of allylic oxidation sites excluding steroid dienone is 1. The molecule has 3 N–H and O–H groups in total. The van der Waals surface area contributed by atoms with E-state index in [1.807, 2.05) is 32.9 Å². The van der Waals surface area contributed by atoms with Gasteiger partial charge in [-0.15, -0.1) is 0 Å². The van der Waals surface area contributed by atoms with E-state index in [1.54, 1.807) is 6.92 Å². The van der Waals surface area contributed by atoms with Crippen molar-refractivity contribution in [2.45, 2.75) is 103 Å². The maximum Gasteiger partial charge on any atom is 0.192 e. The molecule has 0 radical (unpaired) electrons. The highest BCUT2D eigenvalue weighted by molar-refractivity contribution is 6.74. The fourth-order valence-corrected chi connectivity index (χ4v) is 5.51. The van der Waals surface area contributed by atoms with Gasteiger partial charge in [0.2, 0.25) is 0 Å². The molecule has 1 aliphatic rings. The van der Waals surface area contributed by atoms with Gasteiger partial charge >= 0.3 is 0 Å². The zero-order valence-corrected chi connectivity index (χ0v) is 22.9. The van der Waals surface area contributed by atoms with Crippen molar-refractivity contribution in [2.75, 3.05) is 13.2 Å². The van der Waals surface area contributed by atoms with E-state index in [-0.39, 0.29) is 35.7 Å². The smallest absolute Gasteiger partial charge is 0.192 e. The molecule has 1 rings (SSSR count). The standard InChI is InChI=1S/C25H46O7Si/c1-10-12-16(3)22-25(7,31-22)23(32-33(8,9)24(4,5)6)19(15-27)21(30)18(14-26)20(29)13-17(28)11-2/h10,12,16,18-20,22-23,26-27,29H,11,13-15H2,1-9H3/b12-10-/t16-,18+,19-,20+,22+,23-,25-/m0/s1. The maximum absolute atomic E-state index is 13.5. The van der Waals surface area contributed by atoms with Gasteiger partial charge in [-0.05, 0) is 32.0 Å². The molecular weight excluding hydrogens is 440 g/mol. The van der Waals surface area contributed by atoms with E-state index in [2.05, 4.69) is 33.9 Å². The van der Waals surface area contributed by atoms with Crippen molar-refractivity contribution in [1.82, 2.24) is 0 Å². The molecule has 0 aromatic carbocycles. The number of ether oxygens (including phenoxy) is 1. The number of rotatable bonds is 14. The van der Waals surface area contributed by atoms with Crippen LogP contribution in [-0.4, -0.2) is 72.3 Å². The van der Waals surface area contributed by atoms with Crippen LogP contribution in [0.2, 0.25) is 18.1 Å². The van der Waals surface area contributed by atoms with E-state index < -0.39 is 57.0 Å². The highest BCUT2D eigenvalue weighted by Crippen LogP contribution is 2.50. The van der Waals surface area contributed by atoms with Crippen LogP contribution in [0.3, 0.4) is 0 Å². The number of aliphatic hydroxyl groups is 3. The third-order valence-corrected chi connectivity index (χ3v) is 11.9. The average molecular weight is 487 g/mol. The number of hydrogen-bond acceptors (Lipinski definition) is 7. The van der Waals surface area contributed by atoms with Crippen LogP contribution < -0.4 is 0 Å². The zero-order chi connectivity index (χ0) is 25.8. The summed E-state index contributed by atoms with van der Waals surface area (Å²) in [6.07, 6.45) is 1.75. The average Bonchev–Trinajstić information content (AvgIpc) is 3.40. The minimum absolute atomic E-state index is 0.0846. The number of epoxide rings is 1. The zero-order valence-electron chi connectivity index (χ0n) is 21.9. The summed E-state index contributed by atoms with van der Waals surface area (Å²) in [5, 5.41) is 30.7. The fraction of sp³-hybridized carbons (Fsp3) is 0.840. The van der Waals surface area contributed by atoms with E-state index in [9.17, 15) is 24.9 Å². The van der Waals surface area contributed by atoms with Gasteiger partial charge in [-0.3, -0.25) is 9.59 Å². The van der Waals surface area contributed by atoms with E-state index in [1.165, 1.54) is 0 Å². The monoisotopic (exact) mass is 486 g/mol. The van der Waals surface area contributed by atoms with Crippen LogP contribution >= 0.6 is 0 Å². The van der Waals surface area contributed by atoms with Crippen LogP contribution in [0.15, 0.2) is 12.2 Å². The Kier molecular flexibility index (Phi) is 10.7. The molecule has 1 fully saturated rings. The molecule has 192 valence electrons. The summed E-state index contributed by atoms with van der Waals surface area (Å²) >= 11 is 0. The summed E-state index contributed by atoms with van der Waals surface area (Å²) in [5.74, 6) is -2.80. The van der Waals surface area contributed by atoms with Gasteiger partial charge < -0.3 is 24.5 Å². The molecular formula is C25H46O7Si. The number of ketones is 2. The number of Topliss-reactive ketones (excluding diaryl/α,β-unsaturated/α-hetero) is 2. The lowest BCUT2D eigenvalue weighted by Crippen LogP contribution is -2.55. The number of carbonyl (C=O) groups is 2. The summed E-state index contributed by atoms with van der Waals surface area (Å²) in [6.45, 7) is 16.9. The molecule has 1 aliphatic heterocycles. The van der Waals surface area contributed by atoms with Crippen molar-refractivity contribution in [1.29, 1.82) is 0 Å². The first-order valence-electron chi connectivity index (χ1n) is 12.0. The van der Waals surface area contributed by atoms with Crippen LogP contribution in [-0.2, 0) is 18.8 Å². The molecule has 0 unspecified atom stereocenters. The Bertz CT molecular complexity index is 699. The first-order valence-corrected chi connectivity index (χ1v) is 15.0. The van der Waals surface area contributed by atoms with E-state index in [0.29, 0.717) is 0 Å². The van der Waals surface area contributed by atoms with Crippen molar-refractivity contribution in [3.05, 3.63) is 12.2 Å². The lowest BCUT2D eigenvalue weighted by molar-refractivity contribution is -0.140. The Labute approximate surface area is 200 Å². The van der Waals surface area contributed by atoms with Gasteiger partial charge in [0.05, 0.1) is 43.4 Å². The summed E-state index contributed by atoms with van der Waals surface area (Å²) < 4.78 is 12.8. The second kappa shape index (κ2) is 11.7. The molecule has 0 aromatic rings. The molecule has 33 heavy (non-hydrogen) atoms. The SMILES string of the molecule is C/C=C\[C@H](C)[C@H]1O[C@]1(C)[C@@H](O[Si](C)(C)C(C)(C)C)[C@@H](CO)C(=O)[C@H](CO)[C@H](O)CC(=O)CC. The quantitative estimate of drug-likeness (QED) is 0.196. The third kappa shape index (κ3) is 7.05. The molecule has 7 nitrogen and oxygen atoms in total. The predicted octanol–water partition coefficient (Wildman–Crippen LogP) is 3.26. The fourth-order valence-electron chi connectivity index (χ4n) is 4.13. The predicted molar refractivity (Wildman–Crippen MR) is 131 cm³/mol. The molecule has 0 bridgehead atoms. The molecule has 0 spiro atoms. The highest BCUT2D eigenvalue weighted by atomic mass is 28.4. The largest absolute Gasteiger partial charge is 0.410 e. The first kappa shape index (κ1) is 30.1. The second-order valence-electron chi connectivity index (χ2n) is 11.1. The van der Waals surface area contributed by atoms with Gasteiger partial charge in [-0.25, -0.2) is 0 Å². The van der Waals surface area contributed by atoms with Crippen molar-refractivity contribution in [2.24, 2.45) is 17.8 Å². The van der Waals surface area contributed by atoms with Crippen molar-refractivity contribution >= 4 is 19.9 Å². The molecule has 0 aromatic heterocycles. The van der Waals surface area contributed by atoms with Gasteiger partial charge in [0.15, 0.2) is 8.32 Å². The normalized spacial score (nSPS) is 26.0. The molecule has 0 saturated carbocycles. The topological polar surface area (TPSA) is 117 Å². The minimum Gasteiger partial charge on any atom is -0.410 e. The summed E-state index contributed by atoms with van der Waals surface area (Å²) in [6, 6.07) is 0. The van der Waals surface area contributed by atoms with Crippen molar-refractivity contribution < 1.29 is 34.1 Å². The number of aliphatic hydroxyl groups excluding tert-OH is 3. The Morgan fingerprint density at radius 3 is 2.15 bits per heavy atom. The molecule has 0 aliphatic carbocycles. The first-order chi connectivity index (χ1) is 15.1. The molecule has 8 heteroatoms. The second-order valence-corrected chi connectivity index (χ2v) is 15.8. The Hall–Kier alpha value is -0.903. The van der Waals surface area contributed by atoms with Gasteiger partial charge in [0, 0.05) is 18.8 Å². The lowest BCUT2D eigenvalue weighted by Gasteiger charge is -2.43. The van der Waals surface area contributed by atoms with Gasteiger partial charge in [0.25, 0.3) is 0 Å². The molecule has 1 saturated heterocycles. The molecule has 0 amide bonds. The maximum atomic E-state index is 13.5. The Morgan fingerprint density at radius 1 is 1.18 bits per heavy atom. The van der Waals surface area contributed by atoms with E-state index >= 15 is 0 Å². The minimum atomic E-state index is -2.39.